The zero-order valence-electron chi connectivity index (χ0n) is 12.1. The summed E-state index contributed by atoms with van der Waals surface area (Å²) in [5.74, 6) is 1.56. The van der Waals surface area contributed by atoms with Crippen molar-refractivity contribution in [3.63, 3.8) is 0 Å². The van der Waals surface area contributed by atoms with Gasteiger partial charge in [0.15, 0.2) is 5.82 Å². The summed E-state index contributed by atoms with van der Waals surface area (Å²) in [4.78, 5) is 4.44. The van der Waals surface area contributed by atoms with Crippen molar-refractivity contribution in [2.75, 3.05) is 0 Å². The van der Waals surface area contributed by atoms with E-state index in [2.05, 4.69) is 25.7 Å². The number of thioether (sulfide) groups is 1. The Morgan fingerprint density at radius 2 is 2.05 bits per heavy atom. The Balaban J connectivity index is 1.70. The van der Waals surface area contributed by atoms with Gasteiger partial charge in [-0.25, -0.2) is 9.67 Å². The molecule has 3 heterocycles. The third-order valence-corrected chi connectivity index (χ3v) is 4.66. The maximum absolute atomic E-state index is 4.44. The van der Waals surface area contributed by atoms with Crippen LogP contribution < -0.4 is 0 Å². The molecular formula is C14H15N5S2. The van der Waals surface area contributed by atoms with Crippen molar-refractivity contribution in [1.29, 1.82) is 0 Å². The van der Waals surface area contributed by atoms with Crippen molar-refractivity contribution in [1.82, 2.24) is 25.0 Å². The smallest absolute Gasteiger partial charge is 0.175 e. The molecule has 0 bridgehead atoms. The molecule has 0 spiro atoms. The van der Waals surface area contributed by atoms with Crippen LogP contribution in [0.5, 0.6) is 0 Å². The predicted octanol–water partition coefficient (Wildman–Crippen LogP) is 3.34. The fraction of sp³-hybridized carbons (Fsp3) is 0.286. The molecule has 0 aliphatic rings. The summed E-state index contributed by atoms with van der Waals surface area (Å²) >= 11 is 3.31. The van der Waals surface area contributed by atoms with Crippen LogP contribution in [0.4, 0.5) is 0 Å². The second-order valence-corrected chi connectivity index (χ2v) is 6.77. The van der Waals surface area contributed by atoms with E-state index in [0.717, 1.165) is 38.7 Å². The van der Waals surface area contributed by atoms with Crippen molar-refractivity contribution >= 4 is 23.1 Å². The molecule has 0 N–H and O–H groups in total. The Morgan fingerprint density at radius 3 is 2.62 bits per heavy atom. The quantitative estimate of drug-likeness (QED) is 0.691. The van der Waals surface area contributed by atoms with E-state index in [0.29, 0.717) is 0 Å². The fourth-order valence-electron chi connectivity index (χ4n) is 1.99. The maximum atomic E-state index is 4.44. The van der Waals surface area contributed by atoms with Gasteiger partial charge in [-0.05, 0) is 39.0 Å². The van der Waals surface area contributed by atoms with Gasteiger partial charge in [-0.15, -0.1) is 21.5 Å². The molecule has 0 atom stereocenters. The minimum absolute atomic E-state index is 0.745. The second-order valence-electron chi connectivity index (χ2n) is 4.72. The lowest BCUT2D eigenvalue weighted by Gasteiger charge is -2.03. The van der Waals surface area contributed by atoms with Gasteiger partial charge in [0.05, 0.1) is 16.4 Å². The highest BCUT2D eigenvalue weighted by Crippen LogP contribution is 2.21. The molecule has 3 aromatic heterocycles. The van der Waals surface area contributed by atoms with Crippen molar-refractivity contribution in [2.24, 2.45) is 0 Å². The first-order valence-corrected chi connectivity index (χ1v) is 8.39. The summed E-state index contributed by atoms with van der Waals surface area (Å²) in [6, 6.07) is 5.94. The Bertz CT molecular complexity index is 745. The van der Waals surface area contributed by atoms with Gasteiger partial charge in [0.2, 0.25) is 0 Å². The summed E-state index contributed by atoms with van der Waals surface area (Å²) in [7, 11) is 0. The van der Waals surface area contributed by atoms with Crippen LogP contribution in [0.2, 0.25) is 0 Å². The minimum Gasteiger partial charge on any atom is -0.246 e. The zero-order valence-corrected chi connectivity index (χ0v) is 13.7. The van der Waals surface area contributed by atoms with Crippen LogP contribution in [0.1, 0.15) is 22.1 Å². The van der Waals surface area contributed by atoms with E-state index in [4.69, 9.17) is 0 Å². The average Bonchev–Trinajstić information content (AvgIpc) is 3.03. The summed E-state index contributed by atoms with van der Waals surface area (Å²) in [5, 5.41) is 17.0. The first-order valence-electron chi connectivity index (χ1n) is 6.53. The number of hydrogen-bond acceptors (Lipinski definition) is 6. The first kappa shape index (κ1) is 14.2. The molecule has 0 saturated heterocycles. The summed E-state index contributed by atoms with van der Waals surface area (Å²) in [6.07, 6.45) is 0. The van der Waals surface area contributed by atoms with Crippen LogP contribution in [-0.2, 0) is 5.75 Å². The van der Waals surface area contributed by atoms with Crippen molar-refractivity contribution in [3.05, 3.63) is 45.7 Å². The van der Waals surface area contributed by atoms with Crippen LogP contribution in [0.15, 0.2) is 28.6 Å². The molecule has 108 valence electrons. The highest BCUT2D eigenvalue weighted by atomic mass is 32.2. The molecule has 3 rings (SSSR count). The molecule has 0 aromatic carbocycles. The standard InChI is InChI=1S/C14H15N5S2/c1-9-6-10(2)19(18-9)13-4-5-14(17-16-13)21-8-12-7-20-11(3)15-12/h4-7H,8H2,1-3H3. The van der Waals surface area contributed by atoms with Gasteiger partial charge in [-0.2, -0.15) is 5.10 Å². The third-order valence-electron chi connectivity index (χ3n) is 2.89. The molecule has 0 saturated carbocycles. The normalized spacial score (nSPS) is 11.0. The van der Waals surface area contributed by atoms with E-state index in [1.54, 1.807) is 27.8 Å². The summed E-state index contributed by atoms with van der Waals surface area (Å²) < 4.78 is 1.81. The molecular weight excluding hydrogens is 302 g/mol. The zero-order chi connectivity index (χ0) is 14.8. The van der Waals surface area contributed by atoms with Crippen LogP contribution in [0, 0.1) is 20.8 Å². The largest absolute Gasteiger partial charge is 0.246 e. The molecule has 7 heteroatoms. The van der Waals surface area contributed by atoms with Gasteiger partial charge in [-0.3, -0.25) is 0 Å². The predicted molar refractivity (Wildman–Crippen MR) is 85.0 cm³/mol. The lowest BCUT2D eigenvalue weighted by atomic mass is 10.4. The summed E-state index contributed by atoms with van der Waals surface area (Å²) in [5.41, 5.74) is 3.12. The van der Waals surface area contributed by atoms with Crippen molar-refractivity contribution in [3.8, 4) is 5.82 Å². The Hall–Kier alpha value is -1.73. The molecule has 0 aliphatic heterocycles. The van der Waals surface area contributed by atoms with Crippen LogP contribution in [0.3, 0.4) is 0 Å². The van der Waals surface area contributed by atoms with E-state index < -0.39 is 0 Å². The van der Waals surface area contributed by atoms with E-state index >= 15 is 0 Å². The topological polar surface area (TPSA) is 56.5 Å². The number of rotatable bonds is 4. The second kappa shape index (κ2) is 5.95. The molecule has 0 radical (unpaired) electrons. The van der Waals surface area contributed by atoms with E-state index in [1.165, 1.54) is 0 Å². The molecule has 21 heavy (non-hydrogen) atoms. The lowest BCUT2D eigenvalue weighted by molar-refractivity contribution is 0.765. The Labute approximate surface area is 131 Å². The molecule has 0 unspecified atom stereocenters. The van der Waals surface area contributed by atoms with Crippen LogP contribution >= 0.6 is 23.1 Å². The first-order chi connectivity index (χ1) is 10.1. The third kappa shape index (κ3) is 3.30. The number of nitrogens with zero attached hydrogens (tertiary/aromatic N) is 5. The number of hydrogen-bond donors (Lipinski definition) is 0. The van der Waals surface area contributed by atoms with Gasteiger partial charge in [0.25, 0.3) is 0 Å². The Morgan fingerprint density at radius 1 is 1.19 bits per heavy atom. The molecule has 0 amide bonds. The van der Waals surface area contributed by atoms with Crippen molar-refractivity contribution in [2.45, 2.75) is 31.6 Å². The molecule has 3 aromatic rings. The maximum Gasteiger partial charge on any atom is 0.175 e. The van der Waals surface area contributed by atoms with Crippen LogP contribution in [-0.4, -0.2) is 25.0 Å². The number of aryl methyl sites for hydroxylation is 3. The van der Waals surface area contributed by atoms with Gasteiger partial charge in [0, 0.05) is 16.8 Å². The molecule has 5 nitrogen and oxygen atoms in total. The Kier molecular flexibility index (Phi) is 4.03. The minimum atomic E-state index is 0.745. The lowest BCUT2D eigenvalue weighted by Crippen LogP contribution is -2.03. The van der Waals surface area contributed by atoms with Gasteiger partial charge in [-0.1, -0.05) is 11.8 Å². The molecule has 0 fully saturated rings. The van der Waals surface area contributed by atoms with Crippen molar-refractivity contribution < 1.29 is 0 Å². The van der Waals surface area contributed by atoms with E-state index in [1.807, 2.05) is 39.0 Å². The van der Waals surface area contributed by atoms with Gasteiger partial charge in [0.1, 0.15) is 5.03 Å². The van der Waals surface area contributed by atoms with Gasteiger partial charge < -0.3 is 0 Å². The monoisotopic (exact) mass is 317 g/mol. The van der Waals surface area contributed by atoms with Gasteiger partial charge >= 0.3 is 0 Å². The number of aromatic nitrogens is 5. The SMILES string of the molecule is Cc1cc(C)n(-c2ccc(SCc3csc(C)n3)nn2)n1. The van der Waals surface area contributed by atoms with Crippen LogP contribution in [0.25, 0.3) is 5.82 Å². The van der Waals surface area contributed by atoms with E-state index in [9.17, 15) is 0 Å². The molecule has 0 aliphatic carbocycles. The average molecular weight is 317 g/mol. The number of thiazole rings is 1. The highest BCUT2D eigenvalue weighted by molar-refractivity contribution is 7.98. The fourth-order valence-corrected chi connectivity index (χ4v) is 3.41. The summed E-state index contributed by atoms with van der Waals surface area (Å²) in [6.45, 7) is 5.99. The van der Waals surface area contributed by atoms with E-state index in [-0.39, 0.29) is 0 Å². The highest BCUT2D eigenvalue weighted by Gasteiger charge is 2.07.